The van der Waals surface area contributed by atoms with E-state index in [1.165, 1.54) is 44.1 Å². The Bertz CT molecular complexity index is 439. The molecular formula is C18H27NO. The molecule has 1 unspecified atom stereocenters. The van der Waals surface area contributed by atoms with Crippen molar-refractivity contribution in [3.63, 3.8) is 0 Å². The van der Waals surface area contributed by atoms with Crippen molar-refractivity contribution in [3.05, 3.63) is 41.5 Å². The maximum absolute atomic E-state index is 5.37. The highest BCUT2D eigenvalue weighted by Crippen LogP contribution is 2.30. The molecule has 1 aromatic rings. The average Bonchev–Trinajstić information content (AvgIpc) is 2.45. The van der Waals surface area contributed by atoms with Crippen LogP contribution in [0.25, 0.3) is 0 Å². The second kappa shape index (κ2) is 8.11. The van der Waals surface area contributed by atoms with Gasteiger partial charge in [-0.2, -0.15) is 0 Å². The van der Waals surface area contributed by atoms with E-state index in [1.54, 1.807) is 12.7 Å². The molecule has 0 fully saturated rings. The van der Waals surface area contributed by atoms with Crippen LogP contribution >= 0.6 is 0 Å². The molecular weight excluding hydrogens is 246 g/mol. The van der Waals surface area contributed by atoms with E-state index >= 15 is 0 Å². The molecule has 20 heavy (non-hydrogen) atoms. The van der Waals surface area contributed by atoms with Gasteiger partial charge in [-0.3, -0.25) is 0 Å². The van der Waals surface area contributed by atoms with E-state index in [2.05, 4.69) is 36.5 Å². The molecule has 0 radical (unpaired) electrons. The minimum Gasteiger partial charge on any atom is -0.497 e. The molecule has 1 aromatic carbocycles. The Hall–Kier alpha value is -1.28. The van der Waals surface area contributed by atoms with Gasteiger partial charge in [-0.15, -0.1) is 0 Å². The third-order valence-electron chi connectivity index (χ3n) is 4.03. The summed E-state index contributed by atoms with van der Waals surface area (Å²) >= 11 is 0. The molecule has 0 spiro atoms. The number of likely N-dealkylation sites (N-methyl/N-ethyl adjacent to an activating group) is 1. The number of methoxy groups -OCH3 is 1. The summed E-state index contributed by atoms with van der Waals surface area (Å²) in [5.74, 6) is 0.942. The van der Waals surface area contributed by atoms with Crippen LogP contribution in [0.15, 0.2) is 35.9 Å². The van der Waals surface area contributed by atoms with Crippen LogP contribution in [0.5, 0.6) is 5.75 Å². The zero-order valence-electron chi connectivity index (χ0n) is 12.8. The van der Waals surface area contributed by atoms with E-state index in [9.17, 15) is 0 Å². The van der Waals surface area contributed by atoms with Gasteiger partial charge in [0.15, 0.2) is 0 Å². The number of hydrogen-bond acceptors (Lipinski definition) is 2. The second-order valence-electron chi connectivity index (χ2n) is 5.50. The van der Waals surface area contributed by atoms with Crippen LogP contribution in [0.4, 0.5) is 0 Å². The van der Waals surface area contributed by atoms with Gasteiger partial charge in [0, 0.05) is 0 Å². The van der Waals surface area contributed by atoms with Crippen LogP contribution in [0.1, 0.15) is 57.1 Å². The maximum Gasteiger partial charge on any atom is 0.119 e. The molecule has 0 heterocycles. The van der Waals surface area contributed by atoms with Crippen molar-refractivity contribution in [2.24, 2.45) is 0 Å². The molecule has 0 saturated carbocycles. The molecule has 2 heteroatoms. The van der Waals surface area contributed by atoms with Crippen molar-refractivity contribution in [2.75, 3.05) is 13.7 Å². The topological polar surface area (TPSA) is 21.3 Å². The van der Waals surface area contributed by atoms with E-state index in [-0.39, 0.29) is 0 Å². The third-order valence-corrected chi connectivity index (χ3v) is 4.03. The number of hydrogen-bond donors (Lipinski definition) is 1. The molecule has 110 valence electrons. The molecule has 1 atom stereocenters. The van der Waals surface area contributed by atoms with Crippen molar-refractivity contribution >= 4 is 0 Å². The van der Waals surface area contributed by atoms with E-state index in [4.69, 9.17) is 4.74 Å². The Morgan fingerprint density at radius 3 is 2.85 bits per heavy atom. The lowest BCUT2D eigenvalue weighted by Gasteiger charge is -2.24. The van der Waals surface area contributed by atoms with Crippen LogP contribution in [0, 0.1) is 0 Å². The van der Waals surface area contributed by atoms with Gasteiger partial charge in [-0.05, 0) is 49.9 Å². The van der Waals surface area contributed by atoms with Gasteiger partial charge in [0.2, 0.25) is 0 Å². The van der Waals surface area contributed by atoms with Crippen LogP contribution < -0.4 is 10.1 Å². The van der Waals surface area contributed by atoms with Crippen molar-refractivity contribution in [1.82, 2.24) is 5.32 Å². The van der Waals surface area contributed by atoms with Crippen LogP contribution in [0.3, 0.4) is 0 Å². The fourth-order valence-electron chi connectivity index (χ4n) is 2.97. The van der Waals surface area contributed by atoms with E-state index in [0.29, 0.717) is 6.04 Å². The van der Waals surface area contributed by atoms with Gasteiger partial charge in [0.05, 0.1) is 13.2 Å². The van der Waals surface area contributed by atoms with Crippen molar-refractivity contribution in [1.29, 1.82) is 0 Å². The molecule has 1 aliphatic rings. The highest BCUT2D eigenvalue weighted by molar-refractivity contribution is 5.35. The number of benzene rings is 1. The second-order valence-corrected chi connectivity index (χ2v) is 5.50. The first-order valence-electron chi connectivity index (χ1n) is 7.91. The van der Waals surface area contributed by atoms with Gasteiger partial charge < -0.3 is 10.1 Å². The molecule has 0 aromatic heterocycles. The SMILES string of the molecule is CCNC(/C1=C/CCCCCC1)c1cccc(OC)c1. The number of rotatable bonds is 5. The van der Waals surface area contributed by atoms with Crippen molar-refractivity contribution in [3.8, 4) is 5.75 Å². The van der Waals surface area contributed by atoms with Gasteiger partial charge >= 0.3 is 0 Å². The van der Waals surface area contributed by atoms with Crippen LogP contribution in [0.2, 0.25) is 0 Å². The van der Waals surface area contributed by atoms with Crippen molar-refractivity contribution in [2.45, 2.75) is 51.5 Å². The summed E-state index contributed by atoms with van der Waals surface area (Å²) in [4.78, 5) is 0. The monoisotopic (exact) mass is 273 g/mol. The number of ether oxygens (including phenoxy) is 1. The Balaban J connectivity index is 2.23. The molecule has 2 rings (SSSR count). The van der Waals surface area contributed by atoms with Gasteiger partial charge in [0.1, 0.15) is 5.75 Å². The summed E-state index contributed by atoms with van der Waals surface area (Å²) in [5.41, 5.74) is 2.87. The minimum absolute atomic E-state index is 0.341. The molecule has 0 amide bonds. The summed E-state index contributed by atoms with van der Waals surface area (Å²) in [7, 11) is 1.73. The van der Waals surface area contributed by atoms with Crippen LogP contribution in [-0.4, -0.2) is 13.7 Å². The third kappa shape index (κ3) is 4.11. The zero-order valence-corrected chi connectivity index (χ0v) is 12.8. The molecule has 0 aliphatic heterocycles. The predicted octanol–water partition coefficient (Wildman–Crippen LogP) is 4.63. The highest BCUT2D eigenvalue weighted by Gasteiger charge is 2.16. The minimum atomic E-state index is 0.341. The van der Waals surface area contributed by atoms with E-state index in [1.807, 2.05) is 6.07 Å². The fraction of sp³-hybridized carbons (Fsp3) is 0.556. The lowest BCUT2D eigenvalue weighted by molar-refractivity contribution is 0.413. The van der Waals surface area contributed by atoms with E-state index < -0.39 is 0 Å². The molecule has 2 nitrogen and oxygen atoms in total. The summed E-state index contributed by atoms with van der Waals surface area (Å²) in [6.07, 6.45) is 10.3. The van der Waals surface area contributed by atoms with Gasteiger partial charge in [0.25, 0.3) is 0 Å². The zero-order chi connectivity index (χ0) is 14.2. The Morgan fingerprint density at radius 1 is 1.20 bits per heavy atom. The molecule has 1 aliphatic carbocycles. The lowest BCUT2D eigenvalue weighted by Crippen LogP contribution is -2.23. The molecule has 1 N–H and O–H groups in total. The largest absolute Gasteiger partial charge is 0.497 e. The lowest BCUT2D eigenvalue weighted by atomic mass is 9.91. The first-order valence-corrected chi connectivity index (χ1v) is 7.91. The average molecular weight is 273 g/mol. The first kappa shape index (κ1) is 15.1. The standard InChI is InChI=1S/C18H27NO/c1-3-19-18(15-10-7-5-4-6-8-11-15)16-12-9-13-17(14-16)20-2/h9-10,12-14,18-19H,3-8,11H2,1-2H3/b15-10+. The van der Waals surface area contributed by atoms with Crippen LogP contribution in [-0.2, 0) is 0 Å². The first-order chi connectivity index (χ1) is 9.85. The maximum atomic E-state index is 5.37. The van der Waals surface area contributed by atoms with Crippen molar-refractivity contribution < 1.29 is 4.74 Å². The number of allylic oxidation sites excluding steroid dienone is 1. The normalized spacial score (nSPS) is 20.4. The molecule has 0 saturated heterocycles. The Labute approximate surface area is 123 Å². The fourth-order valence-corrected chi connectivity index (χ4v) is 2.97. The Morgan fingerprint density at radius 2 is 2.05 bits per heavy atom. The summed E-state index contributed by atoms with van der Waals surface area (Å²) < 4.78 is 5.37. The smallest absolute Gasteiger partial charge is 0.119 e. The van der Waals surface area contributed by atoms with E-state index in [0.717, 1.165) is 12.3 Å². The quantitative estimate of drug-likeness (QED) is 0.790. The number of nitrogens with one attached hydrogen (secondary N) is 1. The summed E-state index contributed by atoms with van der Waals surface area (Å²) in [5, 5.41) is 3.64. The van der Waals surface area contributed by atoms with Gasteiger partial charge in [-0.25, -0.2) is 0 Å². The summed E-state index contributed by atoms with van der Waals surface area (Å²) in [6.45, 7) is 3.16. The molecule has 0 bridgehead atoms. The Kier molecular flexibility index (Phi) is 6.13. The summed E-state index contributed by atoms with van der Waals surface area (Å²) in [6, 6.07) is 8.80. The van der Waals surface area contributed by atoms with Gasteiger partial charge in [-0.1, -0.05) is 43.5 Å². The highest BCUT2D eigenvalue weighted by atomic mass is 16.5. The predicted molar refractivity (Wildman–Crippen MR) is 85.2 cm³/mol.